The van der Waals surface area contributed by atoms with E-state index in [-0.39, 0.29) is 12.4 Å². The summed E-state index contributed by atoms with van der Waals surface area (Å²) in [5.74, 6) is 6.13. The zero-order chi connectivity index (χ0) is 8.97. The number of hydrogen-bond donors (Lipinski definition) is 2. The van der Waals surface area contributed by atoms with E-state index in [9.17, 15) is 0 Å². The monoisotopic (exact) mass is 314 g/mol. The Morgan fingerprint density at radius 1 is 1.54 bits per heavy atom. The molecule has 0 heterocycles. The Labute approximate surface area is 97.5 Å². The van der Waals surface area contributed by atoms with E-state index in [1.807, 2.05) is 18.2 Å². The van der Waals surface area contributed by atoms with Crippen LogP contribution >= 0.6 is 35.0 Å². The van der Waals surface area contributed by atoms with Gasteiger partial charge >= 0.3 is 0 Å². The molecule has 3 N–H and O–H groups in total. The molecule has 0 saturated carbocycles. The first-order chi connectivity index (χ1) is 5.79. The number of nitrogens with one attached hydrogen (secondary N) is 1. The minimum Gasteiger partial charge on any atom is -0.495 e. The fourth-order valence-electron chi connectivity index (χ4n) is 1.03. The van der Waals surface area contributed by atoms with Crippen molar-refractivity contribution in [3.63, 3.8) is 0 Å². The van der Waals surface area contributed by atoms with E-state index in [2.05, 4.69) is 28.0 Å². The highest BCUT2D eigenvalue weighted by Gasteiger charge is 2.04. The zero-order valence-corrected chi connectivity index (χ0v) is 10.2. The molecule has 0 unspecified atom stereocenters. The van der Waals surface area contributed by atoms with Gasteiger partial charge in [-0.05, 0) is 28.7 Å². The van der Waals surface area contributed by atoms with Gasteiger partial charge in [0.1, 0.15) is 5.75 Å². The Bertz CT molecular complexity index is 270. The van der Waals surface area contributed by atoms with Crippen molar-refractivity contribution in [2.45, 2.75) is 6.54 Å². The molecule has 0 aliphatic rings. The number of halogens is 2. The number of nitrogens with two attached hydrogens (primary N) is 1. The maximum atomic E-state index is 5.23. The second-order valence-corrected chi connectivity index (χ2v) is 3.48. The summed E-state index contributed by atoms with van der Waals surface area (Å²) in [7, 11) is 1.66. The average molecular weight is 315 g/mol. The van der Waals surface area contributed by atoms with Crippen molar-refractivity contribution >= 4 is 35.0 Å². The molecule has 1 rings (SSSR count). The molecular formula is C8H12ClIN2O. The Hall–Kier alpha value is -0.0400. The molecular weight excluding hydrogens is 302 g/mol. The van der Waals surface area contributed by atoms with Gasteiger partial charge in [0.2, 0.25) is 0 Å². The van der Waals surface area contributed by atoms with Crippen molar-refractivity contribution in [1.29, 1.82) is 0 Å². The SMILES string of the molecule is COc1c(I)cccc1CNN.Cl. The summed E-state index contributed by atoms with van der Waals surface area (Å²) in [6, 6.07) is 5.97. The Balaban J connectivity index is 0.00000144. The van der Waals surface area contributed by atoms with Crippen LogP contribution in [0.3, 0.4) is 0 Å². The van der Waals surface area contributed by atoms with Crippen LogP contribution in [0.4, 0.5) is 0 Å². The summed E-state index contributed by atoms with van der Waals surface area (Å²) in [5.41, 5.74) is 3.68. The Morgan fingerprint density at radius 2 is 2.23 bits per heavy atom. The van der Waals surface area contributed by atoms with Crippen molar-refractivity contribution in [3.05, 3.63) is 27.3 Å². The van der Waals surface area contributed by atoms with Gasteiger partial charge in [-0.1, -0.05) is 12.1 Å². The number of ether oxygens (including phenoxy) is 1. The molecule has 0 aliphatic carbocycles. The van der Waals surface area contributed by atoms with Crippen LogP contribution in [0.2, 0.25) is 0 Å². The summed E-state index contributed by atoms with van der Waals surface area (Å²) < 4.78 is 6.33. The maximum Gasteiger partial charge on any atom is 0.136 e. The highest BCUT2D eigenvalue weighted by Crippen LogP contribution is 2.24. The number of rotatable bonds is 3. The van der Waals surface area contributed by atoms with Gasteiger partial charge in [0, 0.05) is 12.1 Å². The fourth-order valence-corrected chi connectivity index (χ4v) is 1.81. The summed E-state index contributed by atoms with van der Waals surface area (Å²) in [6.45, 7) is 0.625. The lowest BCUT2D eigenvalue weighted by molar-refractivity contribution is 0.405. The molecule has 1 aromatic rings. The van der Waals surface area contributed by atoms with Crippen LogP contribution in [0.25, 0.3) is 0 Å². The van der Waals surface area contributed by atoms with E-state index in [0.717, 1.165) is 14.9 Å². The van der Waals surface area contributed by atoms with Crippen LogP contribution < -0.4 is 16.0 Å². The van der Waals surface area contributed by atoms with Crippen LogP contribution in [0.5, 0.6) is 5.75 Å². The van der Waals surface area contributed by atoms with E-state index >= 15 is 0 Å². The van der Waals surface area contributed by atoms with Gasteiger partial charge < -0.3 is 4.74 Å². The Kier molecular flexibility index (Phi) is 6.40. The van der Waals surface area contributed by atoms with E-state index in [0.29, 0.717) is 6.54 Å². The molecule has 0 saturated heterocycles. The third kappa shape index (κ3) is 3.30. The molecule has 0 aromatic heterocycles. The number of para-hydroxylation sites is 1. The molecule has 13 heavy (non-hydrogen) atoms. The summed E-state index contributed by atoms with van der Waals surface area (Å²) >= 11 is 2.23. The third-order valence-electron chi connectivity index (χ3n) is 1.55. The second kappa shape index (κ2) is 6.42. The molecule has 0 amide bonds. The van der Waals surface area contributed by atoms with E-state index < -0.39 is 0 Å². The van der Waals surface area contributed by atoms with E-state index in [1.165, 1.54) is 0 Å². The molecule has 0 fully saturated rings. The number of benzene rings is 1. The predicted octanol–water partition coefficient (Wildman–Crippen LogP) is 1.68. The fraction of sp³-hybridized carbons (Fsp3) is 0.250. The molecule has 0 radical (unpaired) electrons. The van der Waals surface area contributed by atoms with Gasteiger partial charge in [-0.3, -0.25) is 11.3 Å². The number of hydrogen-bond acceptors (Lipinski definition) is 3. The standard InChI is InChI=1S/C8H11IN2O.ClH/c1-12-8-6(5-11-10)3-2-4-7(8)9;/h2-4,11H,5,10H2,1H3;1H. The van der Waals surface area contributed by atoms with Gasteiger partial charge in [-0.25, -0.2) is 0 Å². The largest absolute Gasteiger partial charge is 0.495 e. The topological polar surface area (TPSA) is 47.3 Å². The van der Waals surface area contributed by atoms with Gasteiger partial charge in [0.05, 0.1) is 10.7 Å². The molecule has 0 atom stereocenters. The molecule has 0 spiro atoms. The van der Waals surface area contributed by atoms with Crippen LogP contribution in [-0.4, -0.2) is 7.11 Å². The first-order valence-electron chi connectivity index (χ1n) is 3.54. The summed E-state index contributed by atoms with van der Waals surface area (Å²) in [4.78, 5) is 0. The second-order valence-electron chi connectivity index (χ2n) is 2.31. The van der Waals surface area contributed by atoms with Gasteiger partial charge in [-0.2, -0.15) is 0 Å². The first kappa shape index (κ1) is 13.0. The van der Waals surface area contributed by atoms with Crippen LogP contribution in [0.15, 0.2) is 18.2 Å². The van der Waals surface area contributed by atoms with E-state index in [1.54, 1.807) is 7.11 Å². The third-order valence-corrected chi connectivity index (χ3v) is 2.39. The number of hydrazine groups is 1. The highest BCUT2D eigenvalue weighted by atomic mass is 127. The first-order valence-corrected chi connectivity index (χ1v) is 4.62. The van der Waals surface area contributed by atoms with Gasteiger partial charge in [-0.15, -0.1) is 12.4 Å². The van der Waals surface area contributed by atoms with E-state index in [4.69, 9.17) is 10.6 Å². The van der Waals surface area contributed by atoms with Crippen molar-refractivity contribution in [1.82, 2.24) is 5.43 Å². The van der Waals surface area contributed by atoms with Crippen molar-refractivity contribution < 1.29 is 4.74 Å². The molecule has 0 bridgehead atoms. The van der Waals surface area contributed by atoms with Crippen molar-refractivity contribution in [3.8, 4) is 5.75 Å². The van der Waals surface area contributed by atoms with Gasteiger partial charge in [0.15, 0.2) is 0 Å². The smallest absolute Gasteiger partial charge is 0.136 e. The zero-order valence-electron chi connectivity index (χ0n) is 7.21. The van der Waals surface area contributed by atoms with Crippen LogP contribution in [-0.2, 0) is 6.54 Å². The quantitative estimate of drug-likeness (QED) is 0.507. The molecule has 1 aromatic carbocycles. The normalized spacial score (nSPS) is 9.15. The highest BCUT2D eigenvalue weighted by molar-refractivity contribution is 14.1. The average Bonchev–Trinajstić information content (AvgIpc) is 2.05. The molecule has 0 aliphatic heterocycles. The minimum atomic E-state index is 0. The van der Waals surface area contributed by atoms with Crippen molar-refractivity contribution in [2.75, 3.05) is 7.11 Å². The molecule has 5 heteroatoms. The minimum absolute atomic E-state index is 0. The summed E-state index contributed by atoms with van der Waals surface area (Å²) in [5, 5.41) is 0. The van der Waals surface area contributed by atoms with Crippen LogP contribution in [0.1, 0.15) is 5.56 Å². The van der Waals surface area contributed by atoms with Crippen molar-refractivity contribution in [2.24, 2.45) is 5.84 Å². The van der Waals surface area contributed by atoms with Crippen LogP contribution in [0, 0.1) is 3.57 Å². The number of methoxy groups -OCH3 is 1. The maximum absolute atomic E-state index is 5.23. The molecule has 3 nitrogen and oxygen atoms in total. The lowest BCUT2D eigenvalue weighted by atomic mass is 10.2. The lowest BCUT2D eigenvalue weighted by Crippen LogP contribution is -2.21. The lowest BCUT2D eigenvalue weighted by Gasteiger charge is -2.08. The summed E-state index contributed by atoms with van der Waals surface area (Å²) in [6.07, 6.45) is 0. The predicted molar refractivity (Wildman–Crippen MR) is 64.0 cm³/mol. The molecule has 74 valence electrons. The van der Waals surface area contributed by atoms with Gasteiger partial charge in [0.25, 0.3) is 0 Å². The Morgan fingerprint density at radius 3 is 2.77 bits per heavy atom.